The molecular weight excluding hydrogens is 286 g/mol. The predicted molar refractivity (Wildman–Crippen MR) is 80.7 cm³/mol. The molecular formula is C15H17N3O2S. The summed E-state index contributed by atoms with van der Waals surface area (Å²) in [5, 5.41) is 3.76. The Morgan fingerprint density at radius 1 is 1.43 bits per heavy atom. The van der Waals surface area contributed by atoms with E-state index in [-0.39, 0.29) is 18.0 Å². The van der Waals surface area contributed by atoms with Gasteiger partial charge in [0.1, 0.15) is 10.6 Å². The maximum atomic E-state index is 12.6. The molecule has 0 aliphatic carbocycles. The minimum absolute atomic E-state index is 0.00599. The van der Waals surface area contributed by atoms with Crippen LogP contribution in [0.15, 0.2) is 24.4 Å². The van der Waals surface area contributed by atoms with E-state index in [0.29, 0.717) is 4.88 Å². The number of hydrogen-bond donors (Lipinski definition) is 0. The normalized spacial score (nSPS) is 21.0. The lowest BCUT2D eigenvalue weighted by Gasteiger charge is -2.40. The number of aromatic nitrogens is 2. The molecule has 1 aliphatic heterocycles. The molecule has 0 spiro atoms. The number of ether oxygens (including phenoxy) is 1. The molecule has 0 saturated carbocycles. The van der Waals surface area contributed by atoms with Gasteiger partial charge in [-0.2, -0.15) is 0 Å². The van der Waals surface area contributed by atoms with Crippen molar-refractivity contribution in [2.24, 2.45) is 0 Å². The van der Waals surface area contributed by atoms with E-state index in [9.17, 15) is 4.79 Å². The number of methoxy groups -OCH3 is 1. The summed E-state index contributed by atoms with van der Waals surface area (Å²) in [4.78, 5) is 15.2. The quantitative estimate of drug-likeness (QED) is 0.856. The Labute approximate surface area is 127 Å². The van der Waals surface area contributed by atoms with Crippen molar-refractivity contribution in [3.05, 3.63) is 40.4 Å². The highest BCUT2D eigenvalue weighted by atomic mass is 32.1. The molecule has 2 aromatic rings. The van der Waals surface area contributed by atoms with Crippen LogP contribution in [0.25, 0.3) is 0 Å². The SMILES string of the molecule is COc1ccc2c(c1)CC(C)N(C(=O)c1cnns1)C2C. The fourth-order valence-corrected chi connectivity index (χ4v) is 3.47. The molecule has 2 heterocycles. The lowest BCUT2D eigenvalue weighted by Crippen LogP contribution is -2.44. The van der Waals surface area contributed by atoms with Crippen molar-refractivity contribution in [2.45, 2.75) is 32.4 Å². The van der Waals surface area contributed by atoms with E-state index >= 15 is 0 Å². The molecule has 0 saturated heterocycles. The van der Waals surface area contributed by atoms with E-state index < -0.39 is 0 Å². The van der Waals surface area contributed by atoms with Gasteiger partial charge in [0.15, 0.2) is 0 Å². The number of carbonyl (C=O) groups is 1. The monoisotopic (exact) mass is 303 g/mol. The minimum Gasteiger partial charge on any atom is -0.497 e. The number of hydrogen-bond acceptors (Lipinski definition) is 5. The molecule has 1 amide bonds. The van der Waals surface area contributed by atoms with Gasteiger partial charge in [-0.1, -0.05) is 10.6 Å². The Morgan fingerprint density at radius 3 is 2.90 bits per heavy atom. The number of rotatable bonds is 2. The molecule has 0 radical (unpaired) electrons. The molecule has 1 aromatic carbocycles. The standard InChI is InChI=1S/C15H17N3O2S/c1-9-6-11-7-12(20-3)4-5-13(11)10(2)18(9)15(19)14-8-16-17-21-14/h4-5,7-10H,6H2,1-3H3. The third kappa shape index (κ3) is 2.40. The van der Waals surface area contributed by atoms with E-state index in [4.69, 9.17) is 4.74 Å². The average molecular weight is 303 g/mol. The Bertz CT molecular complexity index is 657. The van der Waals surface area contributed by atoms with Gasteiger partial charge in [0.25, 0.3) is 5.91 Å². The summed E-state index contributed by atoms with van der Waals surface area (Å²) in [7, 11) is 1.67. The van der Waals surface area contributed by atoms with Gasteiger partial charge in [-0.05, 0) is 55.1 Å². The Morgan fingerprint density at radius 2 is 2.24 bits per heavy atom. The van der Waals surface area contributed by atoms with E-state index in [1.807, 2.05) is 11.0 Å². The number of fused-ring (bicyclic) bond motifs is 1. The lowest BCUT2D eigenvalue weighted by atomic mass is 9.89. The third-order valence-electron chi connectivity index (χ3n) is 4.01. The Balaban J connectivity index is 1.96. The molecule has 6 heteroatoms. The first-order valence-corrected chi connectivity index (χ1v) is 7.66. The number of amides is 1. The summed E-state index contributed by atoms with van der Waals surface area (Å²) < 4.78 is 9.07. The minimum atomic E-state index is 0.00599. The van der Waals surface area contributed by atoms with Crippen molar-refractivity contribution in [1.82, 2.24) is 14.5 Å². The van der Waals surface area contributed by atoms with Crippen molar-refractivity contribution in [1.29, 1.82) is 0 Å². The van der Waals surface area contributed by atoms with Crippen molar-refractivity contribution in [3.8, 4) is 5.75 Å². The van der Waals surface area contributed by atoms with Crippen LogP contribution in [0.3, 0.4) is 0 Å². The summed E-state index contributed by atoms with van der Waals surface area (Å²) in [5.41, 5.74) is 2.43. The van der Waals surface area contributed by atoms with Crippen LogP contribution in [-0.2, 0) is 6.42 Å². The molecule has 5 nitrogen and oxygen atoms in total. The first-order chi connectivity index (χ1) is 10.1. The molecule has 3 rings (SSSR count). The molecule has 0 bridgehead atoms. The van der Waals surface area contributed by atoms with E-state index in [1.165, 1.54) is 17.3 Å². The highest BCUT2D eigenvalue weighted by Gasteiger charge is 2.34. The van der Waals surface area contributed by atoms with Gasteiger partial charge >= 0.3 is 0 Å². The second-order valence-corrected chi connectivity index (χ2v) is 6.07. The van der Waals surface area contributed by atoms with Gasteiger partial charge in [-0.15, -0.1) is 5.10 Å². The summed E-state index contributed by atoms with van der Waals surface area (Å²) in [5.74, 6) is 0.867. The molecule has 1 aliphatic rings. The van der Waals surface area contributed by atoms with Crippen LogP contribution in [0, 0.1) is 0 Å². The van der Waals surface area contributed by atoms with E-state index in [1.54, 1.807) is 7.11 Å². The zero-order valence-corrected chi connectivity index (χ0v) is 13.1. The van der Waals surface area contributed by atoms with Crippen LogP contribution in [0.4, 0.5) is 0 Å². The van der Waals surface area contributed by atoms with Crippen LogP contribution in [0.1, 0.15) is 40.7 Å². The molecule has 0 N–H and O–H groups in total. The smallest absolute Gasteiger partial charge is 0.267 e. The summed E-state index contributed by atoms with van der Waals surface area (Å²) in [6.45, 7) is 4.14. The third-order valence-corrected chi connectivity index (χ3v) is 4.67. The lowest BCUT2D eigenvalue weighted by molar-refractivity contribution is 0.0585. The van der Waals surface area contributed by atoms with Crippen molar-refractivity contribution in [3.63, 3.8) is 0 Å². The number of benzene rings is 1. The van der Waals surface area contributed by atoms with Crippen LogP contribution >= 0.6 is 11.5 Å². The van der Waals surface area contributed by atoms with Gasteiger partial charge in [0.05, 0.1) is 19.3 Å². The molecule has 110 valence electrons. The molecule has 21 heavy (non-hydrogen) atoms. The zero-order valence-electron chi connectivity index (χ0n) is 12.2. The van der Waals surface area contributed by atoms with Crippen LogP contribution in [0.2, 0.25) is 0 Å². The molecule has 0 fully saturated rings. The van der Waals surface area contributed by atoms with E-state index in [0.717, 1.165) is 23.7 Å². The summed E-state index contributed by atoms with van der Waals surface area (Å²) >= 11 is 1.14. The summed E-state index contributed by atoms with van der Waals surface area (Å²) in [6.07, 6.45) is 2.37. The maximum absolute atomic E-state index is 12.6. The van der Waals surface area contributed by atoms with Crippen LogP contribution in [0.5, 0.6) is 5.75 Å². The van der Waals surface area contributed by atoms with Gasteiger partial charge in [0.2, 0.25) is 0 Å². The molecule has 1 aromatic heterocycles. The Hall–Kier alpha value is -1.95. The molecule has 2 unspecified atom stereocenters. The fourth-order valence-electron chi connectivity index (χ4n) is 3.01. The van der Waals surface area contributed by atoms with Crippen LogP contribution in [-0.4, -0.2) is 33.5 Å². The summed E-state index contributed by atoms with van der Waals surface area (Å²) in [6, 6.07) is 6.23. The van der Waals surface area contributed by atoms with Crippen molar-refractivity contribution in [2.75, 3.05) is 7.11 Å². The van der Waals surface area contributed by atoms with E-state index in [2.05, 4.69) is 35.6 Å². The number of nitrogens with zero attached hydrogens (tertiary/aromatic N) is 3. The first-order valence-electron chi connectivity index (χ1n) is 6.88. The van der Waals surface area contributed by atoms with Gasteiger partial charge in [0, 0.05) is 6.04 Å². The fraction of sp³-hybridized carbons (Fsp3) is 0.400. The van der Waals surface area contributed by atoms with Crippen LogP contribution < -0.4 is 4.74 Å². The highest BCUT2D eigenvalue weighted by Crippen LogP contribution is 2.35. The number of carbonyl (C=O) groups excluding carboxylic acids is 1. The second kappa shape index (κ2) is 5.44. The van der Waals surface area contributed by atoms with Crippen molar-refractivity contribution < 1.29 is 9.53 Å². The van der Waals surface area contributed by atoms with Gasteiger partial charge in [-0.25, -0.2) is 0 Å². The van der Waals surface area contributed by atoms with Gasteiger partial charge in [-0.3, -0.25) is 4.79 Å². The Kier molecular flexibility index (Phi) is 3.63. The first kappa shape index (κ1) is 14.0. The zero-order chi connectivity index (χ0) is 15.0. The molecule has 2 atom stereocenters. The second-order valence-electron chi connectivity index (χ2n) is 5.29. The highest BCUT2D eigenvalue weighted by molar-refractivity contribution is 7.07. The van der Waals surface area contributed by atoms with Gasteiger partial charge < -0.3 is 9.64 Å². The predicted octanol–water partition coefficient (Wildman–Crippen LogP) is 2.69. The topological polar surface area (TPSA) is 55.3 Å². The maximum Gasteiger partial charge on any atom is 0.267 e. The average Bonchev–Trinajstić information content (AvgIpc) is 3.00. The largest absolute Gasteiger partial charge is 0.497 e. The van der Waals surface area contributed by atoms with Crippen molar-refractivity contribution >= 4 is 17.4 Å².